The molecule has 2 aromatic rings. The molecule has 4 nitrogen and oxygen atoms in total. The maximum atomic E-state index is 11.3. The molecule has 21 heavy (non-hydrogen) atoms. The highest BCUT2D eigenvalue weighted by Gasteiger charge is 2.13. The van der Waals surface area contributed by atoms with Crippen LogP contribution in [-0.2, 0) is 11.3 Å². The maximum absolute atomic E-state index is 11.3. The monoisotopic (exact) mass is 327 g/mol. The Morgan fingerprint density at radius 2 is 2.14 bits per heavy atom. The van der Waals surface area contributed by atoms with Gasteiger partial charge in [-0.25, -0.2) is 4.79 Å². The summed E-state index contributed by atoms with van der Waals surface area (Å²) in [5, 5.41) is 4.48. The van der Waals surface area contributed by atoms with Crippen LogP contribution in [0.3, 0.4) is 0 Å². The third-order valence-electron chi connectivity index (χ3n) is 3.09. The molecule has 112 valence electrons. The second-order valence-corrected chi connectivity index (χ2v) is 5.41. The Morgan fingerprint density at radius 3 is 2.81 bits per heavy atom. The normalized spacial score (nSPS) is 12.2. The summed E-state index contributed by atoms with van der Waals surface area (Å²) < 4.78 is 9.93. The number of hydrogen-bond donors (Lipinski definition) is 1. The van der Waals surface area contributed by atoms with Crippen LogP contribution in [0.5, 0.6) is 0 Å². The van der Waals surface area contributed by atoms with Crippen LogP contribution in [0.25, 0.3) is 0 Å². The number of furan rings is 1. The van der Waals surface area contributed by atoms with E-state index in [0.29, 0.717) is 27.9 Å². The van der Waals surface area contributed by atoms with Crippen molar-refractivity contribution >= 4 is 29.2 Å². The van der Waals surface area contributed by atoms with Crippen LogP contribution < -0.4 is 5.32 Å². The van der Waals surface area contributed by atoms with Crippen molar-refractivity contribution in [1.82, 2.24) is 5.32 Å². The van der Waals surface area contributed by atoms with Gasteiger partial charge in [0.2, 0.25) is 0 Å². The minimum absolute atomic E-state index is 0.0152. The first kappa shape index (κ1) is 15.9. The lowest BCUT2D eigenvalue weighted by Crippen LogP contribution is -2.18. The molecule has 1 unspecified atom stereocenters. The Bertz CT molecular complexity index is 640. The number of halogens is 2. The van der Waals surface area contributed by atoms with Crippen molar-refractivity contribution in [1.29, 1.82) is 0 Å². The molecule has 0 spiro atoms. The fourth-order valence-electron chi connectivity index (χ4n) is 1.91. The first-order valence-electron chi connectivity index (χ1n) is 6.35. The second-order valence-electron chi connectivity index (χ2n) is 4.56. The molecule has 2 rings (SSSR count). The van der Waals surface area contributed by atoms with Gasteiger partial charge in [0.25, 0.3) is 0 Å². The van der Waals surface area contributed by atoms with E-state index in [9.17, 15) is 4.79 Å². The molecule has 0 fully saturated rings. The summed E-state index contributed by atoms with van der Waals surface area (Å²) in [5.74, 6) is 0.228. The van der Waals surface area contributed by atoms with Gasteiger partial charge in [0, 0.05) is 16.1 Å². The molecule has 1 heterocycles. The molecule has 0 amide bonds. The van der Waals surface area contributed by atoms with Crippen LogP contribution in [0.1, 0.15) is 34.6 Å². The average molecular weight is 328 g/mol. The standard InChI is InChI=1S/C15H15Cl2NO3/c1-9(13-4-3-11(16)6-14(13)17)18-7-12-5-10(8-21-12)15(19)20-2/h3-6,8-9,18H,7H2,1-2H3. The highest BCUT2D eigenvalue weighted by atomic mass is 35.5. The Kier molecular flexibility index (Phi) is 5.28. The molecular formula is C15H15Cl2NO3. The van der Waals surface area contributed by atoms with Crippen LogP contribution in [-0.4, -0.2) is 13.1 Å². The molecule has 6 heteroatoms. The minimum Gasteiger partial charge on any atom is -0.467 e. The lowest BCUT2D eigenvalue weighted by atomic mass is 10.1. The number of carbonyl (C=O) groups excluding carboxylic acids is 1. The van der Waals surface area contributed by atoms with Crippen molar-refractivity contribution in [2.75, 3.05) is 7.11 Å². The third-order valence-corrected chi connectivity index (χ3v) is 3.65. The SMILES string of the molecule is COC(=O)c1coc(CNC(C)c2ccc(Cl)cc2Cl)c1. The van der Waals surface area contributed by atoms with E-state index < -0.39 is 5.97 Å². The van der Waals surface area contributed by atoms with Crippen LogP contribution in [0, 0.1) is 0 Å². The number of methoxy groups -OCH3 is 1. The number of hydrogen-bond acceptors (Lipinski definition) is 4. The van der Waals surface area contributed by atoms with Crippen molar-refractivity contribution in [2.45, 2.75) is 19.5 Å². The van der Waals surface area contributed by atoms with Gasteiger partial charge in [-0.1, -0.05) is 29.3 Å². The minimum atomic E-state index is -0.418. The number of carbonyl (C=O) groups is 1. The van der Waals surface area contributed by atoms with Crippen LogP contribution in [0.15, 0.2) is 34.9 Å². The molecule has 0 aliphatic carbocycles. The summed E-state index contributed by atoms with van der Waals surface area (Å²) in [4.78, 5) is 11.3. The summed E-state index contributed by atoms with van der Waals surface area (Å²) in [5.41, 5.74) is 1.34. The fraction of sp³-hybridized carbons (Fsp3) is 0.267. The predicted molar refractivity (Wildman–Crippen MR) is 81.8 cm³/mol. The van der Waals surface area contributed by atoms with Crippen molar-refractivity contribution in [3.8, 4) is 0 Å². The van der Waals surface area contributed by atoms with Gasteiger partial charge in [-0.2, -0.15) is 0 Å². The molecule has 0 bridgehead atoms. The Hall–Kier alpha value is -1.49. The fourth-order valence-corrected chi connectivity index (χ4v) is 2.49. The van der Waals surface area contributed by atoms with Gasteiger partial charge in [0.05, 0.1) is 19.2 Å². The smallest absolute Gasteiger partial charge is 0.341 e. The molecule has 1 atom stereocenters. The van der Waals surface area contributed by atoms with E-state index in [1.807, 2.05) is 13.0 Å². The summed E-state index contributed by atoms with van der Waals surface area (Å²) in [6.45, 7) is 2.45. The van der Waals surface area contributed by atoms with E-state index in [-0.39, 0.29) is 6.04 Å². The zero-order valence-corrected chi connectivity index (χ0v) is 13.2. The lowest BCUT2D eigenvalue weighted by Gasteiger charge is -2.15. The van der Waals surface area contributed by atoms with Crippen LogP contribution >= 0.6 is 23.2 Å². The van der Waals surface area contributed by atoms with E-state index in [4.69, 9.17) is 27.6 Å². The highest BCUT2D eigenvalue weighted by molar-refractivity contribution is 6.35. The number of nitrogens with one attached hydrogen (secondary N) is 1. The largest absolute Gasteiger partial charge is 0.467 e. The van der Waals surface area contributed by atoms with E-state index in [0.717, 1.165) is 5.56 Å². The van der Waals surface area contributed by atoms with Crippen LogP contribution in [0.4, 0.5) is 0 Å². The Labute approximate surface area is 133 Å². The summed E-state index contributed by atoms with van der Waals surface area (Å²) >= 11 is 12.0. The molecule has 1 N–H and O–H groups in total. The van der Waals surface area contributed by atoms with E-state index in [1.165, 1.54) is 13.4 Å². The molecule has 0 radical (unpaired) electrons. The maximum Gasteiger partial charge on any atom is 0.341 e. The summed E-state index contributed by atoms with van der Waals surface area (Å²) in [6, 6.07) is 7.04. The van der Waals surface area contributed by atoms with Gasteiger partial charge in [-0.05, 0) is 30.7 Å². The molecule has 0 saturated heterocycles. The molecule has 0 saturated carbocycles. The first-order chi connectivity index (χ1) is 10.0. The number of esters is 1. The Balaban J connectivity index is 1.99. The third kappa shape index (κ3) is 4.00. The van der Waals surface area contributed by atoms with Crippen molar-refractivity contribution in [3.05, 3.63) is 57.5 Å². The van der Waals surface area contributed by atoms with E-state index >= 15 is 0 Å². The van der Waals surface area contributed by atoms with Crippen LogP contribution in [0.2, 0.25) is 10.0 Å². The van der Waals surface area contributed by atoms with E-state index in [2.05, 4.69) is 10.1 Å². The zero-order chi connectivity index (χ0) is 15.4. The predicted octanol–water partition coefficient (Wildman–Crippen LogP) is 4.22. The number of rotatable bonds is 5. The van der Waals surface area contributed by atoms with E-state index in [1.54, 1.807) is 18.2 Å². The van der Waals surface area contributed by atoms with Gasteiger partial charge in [0.15, 0.2) is 0 Å². The van der Waals surface area contributed by atoms with Crippen molar-refractivity contribution in [2.24, 2.45) is 0 Å². The number of benzene rings is 1. The van der Waals surface area contributed by atoms with Gasteiger partial charge in [-0.15, -0.1) is 0 Å². The zero-order valence-electron chi connectivity index (χ0n) is 11.7. The van der Waals surface area contributed by atoms with Crippen molar-refractivity contribution in [3.63, 3.8) is 0 Å². The summed E-state index contributed by atoms with van der Waals surface area (Å²) in [6.07, 6.45) is 1.38. The quantitative estimate of drug-likeness (QED) is 0.835. The highest BCUT2D eigenvalue weighted by Crippen LogP contribution is 2.26. The van der Waals surface area contributed by atoms with Gasteiger partial charge in [-0.3, -0.25) is 0 Å². The Morgan fingerprint density at radius 1 is 1.38 bits per heavy atom. The second kappa shape index (κ2) is 6.98. The topological polar surface area (TPSA) is 51.5 Å². The molecule has 0 aliphatic heterocycles. The molecular weight excluding hydrogens is 313 g/mol. The van der Waals surface area contributed by atoms with Crippen molar-refractivity contribution < 1.29 is 13.9 Å². The van der Waals surface area contributed by atoms with Gasteiger partial charge < -0.3 is 14.5 Å². The molecule has 1 aromatic heterocycles. The number of ether oxygens (including phenoxy) is 1. The molecule has 1 aromatic carbocycles. The summed E-state index contributed by atoms with van der Waals surface area (Å²) in [7, 11) is 1.33. The molecule has 0 aliphatic rings. The average Bonchev–Trinajstić information content (AvgIpc) is 2.92. The first-order valence-corrected chi connectivity index (χ1v) is 7.11. The van der Waals surface area contributed by atoms with Gasteiger partial charge >= 0.3 is 5.97 Å². The van der Waals surface area contributed by atoms with Gasteiger partial charge in [0.1, 0.15) is 12.0 Å². The lowest BCUT2D eigenvalue weighted by molar-refractivity contribution is 0.0600.